The lowest BCUT2D eigenvalue weighted by Gasteiger charge is -2.33. The molecule has 9 nitrogen and oxygen atoms in total. The van der Waals surface area contributed by atoms with E-state index in [0.717, 1.165) is 4.90 Å². The molecule has 10 heteroatoms. The zero-order valence-electron chi connectivity index (χ0n) is 25.4. The highest BCUT2D eigenvalue weighted by Crippen LogP contribution is 2.31. The molecule has 0 N–H and O–H groups in total. The average Bonchev–Trinajstić information content (AvgIpc) is 3.15. The Hall–Kier alpha value is -3.21. The van der Waals surface area contributed by atoms with Gasteiger partial charge in [-0.3, -0.25) is 13.9 Å². The molecule has 4 rings (SSSR count). The maximum Gasteiger partial charge on any atom is 0.268 e. The van der Waals surface area contributed by atoms with Crippen molar-refractivity contribution in [3.63, 3.8) is 0 Å². The summed E-state index contributed by atoms with van der Waals surface area (Å²) in [5.41, 5.74) is -0.346. The second-order valence-electron chi connectivity index (χ2n) is 13.5. The lowest BCUT2D eigenvalue weighted by Crippen LogP contribution is -2.41. The van der Waals surface area contributed by atoms with Crippen molar-refractivity contribution < 1.29 is 32.2 Å². The zero-order chi connectivity index (χ0) is 30.8. The number of carbonyl (C=O) groups is 2. The van der Waals surface area contributed by atoms with Crippen molar-refractivity contribution in [3.05, 3.63) is 83.4 Å². The first-order valence-electron chi connectivity index (χ1n) is 14.1. The zero-order valence-corrected chi connectivity index (χ0v) is 26.2. The molecule has 0 aromatic heterocycles. The molecule has 2 aromatic rings. The van der Waals surface area contributed by atoms with E-state index >= 15 is 0 Å². The number of ether oxygens (including phenoxy) is 3. The van der Waals surface area contributed by atoms with Gasteiger partial charge in [-0.15, -0.1) is 0 Å². The minimum absolute atomic E-state index is 0.0263. The van der Waals surface area contributed by atoms with Gasteiger partial charge >= 0.3 is 0 Å². The second-order valence-corrected chi connectivity index (χ2v) is 15.4. The molecule has 0 atom stereocenters. The number of fused-ring (bicyclic) bond motifs is 1. The minimum Gasteiger partial charge on any atom is -0.477 e. The van der Waals surface area contributed by atoms with Crippen LogP contribution in [0.2, 0.25) is 0 Å². The van der Waals surface area contributed by atoms with E-state index in [9.17, 15) is 18.0 Å². The Kier molecular flexibility index (Phi) is 9.20. The van der Waals surface area contributed by atoms with Gasteiger partial charge in [0.05, 0.1) is 56.1 Å². The number of hydrogen-bond donors (Lipinski definition) is 0. The van der Waals surface area contributed by atoms with E-state index in [0.29, 0.717) is 25.4 Å². The molecule has 42 heavy (non-hydrogen) atoms. The van der Waals surface area contributed by atoms with Gasteiger partial charge in [0.1, 0.15) is 0 Å². The average molecular weight is 599 g/mol. The van der Waals surface area contributed by atoms with Gasteiger partial charge in [0.25, 0.3) is 11.8 Å². The fraction of sp³-hybridized carbons (Fsp3) is 0.500. The molecule has 0 spiro atoms. The fourth-order valence-electron chi connectivity index (χ4n) is 4.79. The number of sulfonamides is 1. The van der Waals surface area contributed by atoms with Gasteiger partial charge in [0.15, 0.2) is 0 Å². The van der Waals surface area contributed by atoms with Crippen molar-refractivity contribution in [2.45, 2.75) is 47.3 Å². The highest BCUT2D eigenvalue weighted by molar-refractivity contribution is 7.88. The van der Waals surface area contributed by atoms with Crippen LogP contribution in [-0.4, -0.2) is 69.0 Å². The van der Waals surface area contributed by atoms with Crippen LogP contribution in [0.15, 0.2) is 66.7 Å². The van der Waals surface area contributed by atoms with Crippen LogP contribution in [0.1, 0.15) is 67.8 Å². The molecule has 2 amide bonds. The maximum absolute atomic E-state index is 14.0. The predicted octanol–water partition coefficient (Wildman–Crippen LogP) is 5.06. The Morgan fingerprint density at radius 2 is 1.17 bits per heavy atom. The van der Waals surface area contributed by atoms with Crippen LogP contribution in [0.3, 0.4) is 0 Å². The molecule has 2 aliphatic rings. The van der Waals surface area contributed by atoms with E-state index in [1.807, 2.05) is 33.8 Å². The predicted molar refractivity (Wildman–Crippen MR) is 160 cm³/mol. The van der Waals surface area contributed by atoms with Crippen molar-refractivity contribution in [1.82, 2.24) is 9.21 Å². The van der Waals surface area contributed by atoms with Crippen LogP contribution in [0.25, 0.3) is 0 Å². The normalized spacial score (nSPS) is 22.8. The van der Waals surface area contributed by atoms with Crippen molar-refractivity contribution in [1.29, 1.82) is 0 Å². The number of amides is 2. The van der Waals surface area contributed by atoms with E-state index in [1.54, 1.807) is 48.5 Å². The molecule has 0 fully saturated rings. The molecule has 2 heterocycles. The topological polar surface area (TPSA) is 102 Å². The molecule has 0 saturated heterocycles. The van der Waals surface area contributed by atoms with Gasteiger partial charge in [0, 0.05) is 22.8 Å². The molecule has 2 aromatic carbocycles. The molecule has 228 valence electrons. The third-order valence-corrected chi connectivity index (χ3v) is 8.63. The third kappa shape index (κ3) is 7.79. The third-order valence-electron chi connectivity index (χ3n) is 6.98. The van der Waals surface area contributed by atoms with E-state index in [4.69, 9.17) is 14.2 Å². The molecule has 0 aliphatic carbocycles. The molecular formula is C32H42N2O7S. The highest BCUT2D eigenvalue weighted by Gasteiger charge is 2.41. The highest BCUT2D eigenvalue weighted by atomic mass is 32.2. The molecular weight excluding hydrogens is 556 g/mol. The Bertz CT molecular complexity index is 1400. The standard InChI is InChI=1S/C32H42N2O7S/c1-30(2)18-33(42(37,38)17-24-12-8-7-9-13-24)16-27(34-28(35)25-14-10-11-15-26(25)29(34)36)41-23-32(5,6)22-40-21-31(3,4)20-39-19-30/h7-16H,17-23H2,1-6H3/b27-16-. The van der Waals surface area contributed by atoms with Gasteiger partial charge in [-0.2, -0.15) is 0 Å². The smallest absolute Gasteiger partial charge is 0.268 e. The Balaban J connectivity index is 1.80. The van der Waals surface area contributed by atoms with Crippen LogP contribution in [0, 0.1) is 16.2 Å². The minimum atomic E-state index is -3.99. The molecule has 0 radical (unpaired) electrons. The summed E-state index contributed by atoms with van der Waals surface area (Å²) in [7, 11) is -3.99. The van der Waals surface area contributed by atoms with Crippen LogP contribution >= 0.6 is 0 Å². The van der Waals surface area contributed by atoms with Crippen molar-refractivity contribution in [3.8, 4) is 0 Å². The summed E-state index contributed by atoms with van der Waals surface area (Å²) < 4.78 is 47.5. The van der Waals surface area contributed by atoms with Gasteiger partial charge in [-0.1, -0.05) is 84.0 Å². The number of imide groups is 1. The van der Waals surface area contributed by atoms with E-state index in [1.165, 1.54) is 10.5 Å². The maximum atomic E-state index is 14.0. The number of benzene rings is 2. The molecule has 0 unspecified atom stereocenters. The van der Waals surface area contributed by atoms with Gasteiger partial charge in [-0.05, 0) is 17.7 Å². The summed E-state index contributed by atoms with van der Waals surface area (Å²) >= 11 is 0. The van der Waals surface area contributed by atoms with Crippen molar-refractivity contribution >= 4 is 21.8 Å². The molecule has 0 saturated carbocycles. The second kappa shape index (κ2) is 12.2. The van der Waals surface area contributed by atoms with E-state index < -0.39 is 32.7 Å². The van der Waals surface area contributed by atoms with Crippen LogP contribution in [0.4, 0.5) is 0 Å². The van der Waals surface area contributed by atoms with E-state index in [-0.39, 0.29) is 47.9 Å². The summed E-state index contributed by atoms with van der Waals surface area (Å²) in [4.78, 5) is 27.9. The molecule has 2 aliphatic heterocycles. The summed E-state index contributed by atoms with van der Waals surface area (Å²) in [6.45, 7) is 13.4. The van der Waals surface area contributed by atoms with E-state index in [2.05, 4.69) is 13.8 Å². The number of nitrogens with zero attached hydrogens (tertiary/aromatic N) is 2. The SMILES string of the molecule is CC1(C)COCC(C)(C)CO/C(N2C(=O)c3ccccc3C2=O)=C\N(S(=O)(=O)Cc2ccccc2)CC(C)(C)COC1. The van der Waals surface area contributed by atoms with Crippen molar-refractivity contribution in [2.24, 2.45) is 16.2 Å². The first-order chi connectivity index (χ1) is 19.6. The van der Waals surface area contributed by atoms with Crippen LogP contribution in [-0.2, 0) is 30.0 Å². The number of rotatable bonds is 4. The first-order valence-corrected chi connectivity index (χ1v) is 15.7. The van der Waals surface area contributed by atoms with Crippen LogP contribution in [0.5, 0.6) is 0 Å². The lowest BCUT2D eigenvalue weighted by molar-refractivity contribution is -0.0506. The Morgan fingerprint density at radius 3 is 1.71 bits per heavy atom. The number of carbonyl (C=O) groups excluding carboxylic acids is 2. The van der Waals surface area contributed by atoms with Gasteiger partial charge < -0.3 is 14.2 Å². The molecule has 0 bridgehead atoms. The first kappa shape index (κ1) is 31.7. The Labute approximate surface area is 249 Å². The Morgan fingerprint density at radius 1 is 0.690 bits per heavy atom. The summed E-state index contributed by atoms with van der Waals surface area (Å²) in [6.07, 6.45) is 1.28. The summed E-state index contributed by atoms with van der Waals surface area (Å²) in [5.74, 6) is -1.57. The van der Waals surface area contributed by atoms with Gasteiger partial charge in [-0.25, -0.2) is 13.3 Å². The lowest BCUT2D eigenvalue weighted by atomic mass is 9.93. The largest absolute Gasteiger partial charge is 0.477 e. The van der Waals surface area contributed by atoms with Gasteiger partial charge in [0.2, 0.25) is 15.9 Å². The number of hydrogen-bond acceptors (Lipinski definition) is 7. The van der Waals surface area contributed by atoms with Crippen LogP contribution < -0.4 is 0 Å². The summed E-state index contributed by atoms with van der Waals surface area (Å²) in [6, 6.07) is 15.4. The fourth-order valence-corrected chi connectivity index (χ4v) is 6.37. The quantitative estimate of drug-likeness (QED) is 0.454. The summed E-state index contributed by atoms with van der Waals surface area (Å²) in [5, 5.41) is 0. The monoisotopic (exact) mass is 598 g/mol. The van der Waals surface area contributed by atoms with Crippen molar-refractivity contribution in [2.75, 3.05) is 39.6 Å².